The number of halogens is 3. The molecule has 1 aliphatic carbocycles. The molecule has 156 valence electrons. The number of hydrogen-bond acceptors (Lipinski definition) is 5. The molecule has 1 aromatic rings. The van der Waals surface area contributed by atoms with E-state index in [1.54, 1.807) is 0 Å². The average molecular weight is 400 g/mol. The summed E-state index contributed by atoms with van der Waals surface area (Å²) in [5.41, 5.74) is 1.10. The third-order valence-electron chi connectivity index (χ3n) is 6.51. The first-order valence-corrected chi connectivity index (χ1v) is 9.81. The molecule has 3 heterocycles. The molecule has 2 aliphatic heterocycles. The Labute approximate surface area is 162 Å². The molecular weight excluding hydrogens is 373 g/mol. The van der Waals surface area contributed by atoms with Crippen LogP contribution in [0, 0.1) is 12.3 Å². The van der Waals surface area contributed by atoms with Crippen molar-refractivity contribution in [2.45, 2.75) is 70.3 Å². The van der Waals surface area contributed by atoms with Crippen LogP contribution in [0.2, 0.25) is 0 Å². The normalized spacial score (nSPS) is 26.6. The molecule has 3 aliphatic rings. The molecule has 9 heteroatoms. The Bertz CT molecular complexity index is 762. The molecule has 1 spiro atoms. The third kappa shape index (κ3) is 3.38. The number of nitrogens with zero attached hydrogens (tertiary/aromatic N) is 3. The van der Waals surface area contributed by atoms with Crippen molar-refractivity contribution in [3.05, 3.63) is 11.8 Å². The van der Waals surface area contributed by atoms with Gasteiger partial charge in [-0.2, -0.15) is 18.3 Å². The number of aromatic nitrogens is 2. The van der Waals surface area contributed by atoms with E-state index in [2.05, 4.69) is 19.6 Å². The second-order valence-corrected chi connectivity index (χ2v) is 9.24. The van der Waals surface area contributed by atoms with Gasteiger partial charge < -0.3 is 15.0 Å². The Morgan fingerprint density at radius 2 is 1.96 bits per heavy atom. The van der Waals surface area contributed by atoms with Crippen molar-refractivity contribution >= 4 is 11.8 Å². The van der Waals surface area contributed by atoms with Crippen LogP contribution in [-0.4, -0.2) is 53.2 Å². The van der Waals surface area contributed by atoms with Crippen LogP contribution in [-0.2, 0) is 9.53 Å². The van der Waals surface area contributed by atoms with Gasteiger partial charge in [0.2, 0.25) is 0 Å². The summed E-state index contributed by atoms with van der Waals surface area (Å²) in [6.45, 7) is 8.63. The van der Waals surface area contributed by atoms with E-state index in [-0.39, 0.29) is 0 Å². The number of rotatable bonds is 3. The summed E-state index contributed by atoms with van der Waals surface area (Å²) >= 11 is 0. The van der Waals surface area contributed by atoms with E-state index in [4.69, 9.17) is 5.10 Å². The number of alkyl halides is 3. The third-order valence-corrected chi connectivity index (χ3v) is 6.51. The molecular formula is C19H27F3N4O2. The van der Waals surface area contributed by atoms with Gasteiger partial charge in [0.15, 0.2) is 5.82 Å². The fourth-order valence-electron chi connectivity index (χ4n) is 4.94. The average Bonchev–Trinajstić information content (AvgIpc) is 2.84. The largest absolute Gasteiger partial charge is 0.490 e. The Kier molecular flexibility index (Phi) is 4.44. The lowest BCUT2D eigenvalue weighted by molar-refractivity contribution is -0.206. The van der Waals surface area contributed by atoms with Gasteiger partial charge in [0.25, 0.3) is 0 Å². The second kappa shape index (κ2) is 6.37. The molecule has 3 fully saturated rings. The van der Waals surface area contributed by atoms with Crippen molar-refractivity contribution in [1.82, 2.24) is 15.1 Å². The fourth-order valence-corrected chi connectivity index (χ4v) is 4.94. The Morgan fingerprint density at radius 3 is 2.50 bits per heavy atom. The van der Waals surface area contributed by atoms with Crippen LogP contribution in [0.4, 0.5) is 19.0 Å². The highest BCUT2D eigenvalue weighted by Crippen LogP contribution is 2.51. The van der Waals surface area contributed by atoms with Gasteiger partial charge in [0.05, 0.1) is 6.04 Å². The van der Waals surface area contributed by atoms with E-state index in [0.717, 1.165) is 37.4 Å². The molecule has 6 nitrogen and oxygen atoms in total. The van der Waals surface area contributed by atoms with Gasteiger partial charge in [0, 0.05) is 49.8 Å². The van der Waals surface area contributed by atoms with Crippen molar-refractivity contribution in [2.24, 2.45) is 5.41 Å². The van der Waals surface area contributed by atoms with Crippen LogP contribution in [0.5, 0.6) is 0 Å². The summed E-state index contributed by atoms with van der Waals surface area (Å²) in [7, 11) is 0. The molecule has 1 atom stereocenters. The van der Waals surface area contributed by atoms with Gasteiger partial charge in [-0.1, -0.05) is 0 Å². The highest BCUT2D eigenvalue weighted by Gasteiger charge is 2.50. The van der Waals surface area contributed by atoms with Gasteiger partial charge in [-0.3, -0.25) is 4.68 Å². The lowest BCUT2D eigenvalue weighted by Gasteiger charge is -2.54. The lowest BCUT2D eigenvalue weighted by atomic mass is 9.62. The van der Waals surface area contributed by atoms with E-state index >= 15 is 0 Å². The topological polar surface area (TPSA) is 59.4 Å². The summed E-state index contributed by atoms with van der Waals surface area (Å²) < 4.78 is 44.2. The summed E-state index contributed by atoms with van der Waals surface area (Å²) in [5.74, 6) is -1.26. The number of anilines is 1. The number of piperidine rings is 1. The molecule has 0 aromatic carbocycles. The van der Waals surface area contributed by atoms with Crippen molar-refractivity contribution in [3.63, 3.8) is 0 Å². The number of carbonyl (C=O) groups excluding carboxylic acids is 1. The lowest BCUT2D eigenvalue weighted by Crippen LogP contribution is -2.60. The molecule has 0 unspecified atom stereocenters. The number of esters is 1. The number of carbonyl (C=O) groups is 1. The minimum absolute atomic E-state index is 0.332. The molecule has 4 rings (SSSR count). The number of nitrogens with one attached hydrogen (secondary N) is 1. The summed E-state index contributed by atoms with van der Waals surface area (Å²) in [6, 6.07) is 2.47. The SMILES string of the molecule is Cc1cc(N2CC[C@@H](OC(=O)C(F)(F)F)CC2(C)C)nn1C1CC2(CNC2)C1. The summed E-state index contributed by atoms with van der Waals surface area (Å²) in [4.78, 5) is 13.3. The fraction of sp³-hybridized carbons (Fsp3) is 0.789. The first-order chi connectivity index (χ1) is 13.0. The van der Waals surface area contributed by atoms with Gasteiger partial charge in [-0.25, -0.2) is 4.79 Å². The van der Waals surface area contributed by atoms with Gasteiger partial charge >= 0.3 is 12.1 Å². The number of aryl methyl sites for hydroxylation is 1. The highest BCUT2D eigenvalue weighted by atomic mass is 19.4. The Morgan fingerprint density at radius 1 is 1.29 bits per heavy atom. The zero-order valence-corrected chi connectivity index (χ0v) is 16.5. The maximum atomic E-state index is 12.5. The van der Waals surface area contributed by atoms with E-state index in [1.165, 1.54) is 0 Å². The van der Waals surface area contributed by atoms with Crippen molar-refractivity contribution in [2.75, 3.05) is 24.5 Å². The minimum atomic E-state index is -4.95. The van der Waals surface area contributed by atoms with E-state index in [1.807, 2.05) is 26.8 Å². The molecule has 0 bridgehead atoms. The monoisotopic (exact) mass is 400 g/mol. The Balaban J connectivity index is 1.42. The second-order valence-electron chi connectivity index (χ2n) is 9.24. The minimum Gasteiger partial charge on any atom is -0.456 e. The Hall–Kier alpha value is -1.77. The molecule has 1 aromatic heterocycles. The van der Waals surface area contributed by atoms with Crippen LogP contribution in [0.25, 0.3) is 0 Å². The maximum Gasteiger partial charge on any atom is 0.490 e. The van der Waals surface area contributed by atoms with Crippen molar-refractivity contribution < 1.29 is 22.7 Å². The highest BCUT2D eigenvalue weighted by molar-refractivity contribution is 5.75. The molecule has 2 saturated heterocycles. The first-order valence-electron chi connectivity index (χ1n) is 9.81. The van der Waals surface area contributed by atoms with E-state index < -0.39 is 23.8 Å². The van der Waals surface area contributed by atoms with E-state index in [0.29, 0.717) is 30.8 Å². The number of ether oxygens (including phenoxy) is 1. The number of hydrogen-bond donors (Lipinski definition) is 1. The van der Waals surface area contributed by atoms with Crippen LogP contribution in [0.15, 0.2) is 6.07 Å². The van der Waals surface area contributed by atoms with Gasteiger partial charge in [-0.15, -0.1) is 0 Å². The molecule has 0 radical (unpaired) electrons. The molecule has 0 amide bonds. The first kappa shape index (κ1) is 19.5. The molecule has 28 heavy (non-hydrogen) atoms. The summed E-state index contributed by atoms with van der Waals surface area (Å²) in [6.07, 6.45) is -2.72. The standard InChI is InChI=1S/C19H27F3N4O2/c1-12-6-15(24-26(12)13-7-18(8-13)10-23-11-18)25-5-4-14(9-17(25,2)3)28-16(27)19(20,21)22/h6,13-14,23H,4-5,7-11H2,1-3H3/t14-/m1/s1. The molecule has 1 saturated carbocycles. The zero-order valence-electron chi connectivity index (χ0n) is 16.5. The predicted molar refractivity (Wildman–Crippen MR) is 97.1 cm³/mol. The van der Waals surface area contributed by atoms with Crippen LogP contribution in [0.3, 0.4) is 0 Å². The van der Waals surface area contributed by atoms with Crippen LogP contribution in [0.1, 0.15) is 51.3 Å². The summed E-state index contributed by atoms with van der Waals surface area (Å²) in [5, 5.41) is 8.18. The van der Waals surface area contributed by atoms with Crippen LogP contribution >= 0.6 is 0 Å². The van der Waals surface area contributed by atoms with Gasteiger partial charge in [-0.05, 0) is 39.0 Å². The van der Waals surface area contributed by atoms with Crippen molar-refractivity contribution in [1.29, 1.82) is 0 Å². The van der Waals surface area contributed by atoms with E-state index in [9.17, 15) is 18.0 Å². The molecule has 1 N–H and O–H groups in total. The smallest absolute Gasteiger partial charge is 0.456 e. The van der Waals surface area contributed by atoms with Gasteiger partial charge in [0.1, 0.15) is 6.10 Å². The predicted octanol–water partition coefficient (Wildman–Crippen LogP) is 2.97. The van der Waals surface area contributed by atoms with Crippen LogP contribution < -0.4 is 10.2 Å². The van der Waals surface area contributed by atoms with Crippen molar-refractivity contribution in [3.8, 4) is 0 Å². The zero-order chi connectivity index (χ0) is 20.3. The maximum absolute atomic E-state index is 12.5. The quantitative estimate of drug-likeness (QED) is 0.791.